The van der Waals surface area contributed by atoms with Gasteiger partial charge in [-0.25, -0.2) is 0 Å². The summed E-state index contributed by atoms with van der Waals surface area (Å²) in [5, 5.41) is 9.81. The number of hydrogen-bond acceptors (Lipinski definition) is 4. The molecule has 6 nitrogen and oxygen atoms in total. The van der Waals surface area contributed by atoms with Crippen molar-refractivity contribution in [1.29, 1.82) is 0 Å². The predicted octanol–water partition coefficient (Wildman–Crippen LogP) is 1.75. The Hall–Kier alpha value is -1.87. The molecule has 3 N–H and O–H groups in total. The van der Waals surface area contributed by atoms with E-state index in [2.05, 4.69) is 15.5 Å². The first-order valence-electron chi connectivity index (χ1n) is 6.31. The minimum Gasteiger partial charge on any atom is -0.349 e. The van der Waals surface area contributed by atoms with Gasteiger partial charge < -0.3 is 11.1 Å². The maximum Gasteiger partial charge on any atom is 0.417 e. The lowest BCUT2D eigenvalue weighted by molar-refractivity contribution is -0.137. The molecule has 0 aliphatic rings. The molecular weight excluding hydrogens is 323 g/mol. The summed E-state index contributed by atoms with van der Waals surface area (Å²) >= 11 is 5.79. The van der Waals surface area contributed by atoms with Gasteiger partial charge in [0.15, 0.2) is 11.5 Å². The number of carbonyl (C=O) groups is 1. The lowest BCUT2D eigenvalue weighted by atomic mass is 10.2. The minimum absolute atomic E-state index is 0.0790. The quantitative estimate of drug-likeness (QED) is 0.891. The van der Waals surface area contributed by atoms with Crippen LogP contribution in [0.25, 0.3) is 5.65 Å². The molecule has 0 fully saturated rings. The first kappa shape index (κ1) is 16.5. The van der Waals surface area contributed by atoms with Gasteiger partial charge in [0.1, 0.15) is 0 Å². The topological polar surface area (TPSA) is 85.3 Å². The summed E-state index contributed by atoms with van der Waals surface area (Å²) in [5.74, 6) is -0.189. The fourth-order valence-corrected chi connectivity index (χ4v) is 2.06. The van der Waals surface area contributed by atoms with Crippen LogP contribution in [-0.2, 0) is 17.5 Å². The molecule has 0 aromatic carbocycles. The summed E-state index contributed by atoms with van der Waals surface area (Å²) in [6.45, 7) is 1.59. The summed E-state index contributed by atoms with van der Waals surface area (Å²) in [4.78, 5) is 11.5. The third-order valence-electron chi connectivity index (χ3n) is 2.81. The van der Waals surface area contributed by atoms with E-state index >= 15 is 0 Å². The number of pyridine rings is 1. The summed E-state index contributed by atoms with van der Waals surface area (Å²) in [5.41, 5.74) is 4.65. The number of nitrogens with two attached hydrogens (primary N) is 1. The van der Waals surface area contributed by atoms with E-state index in [1.165, 1.54) is 0 Å². The molecule has 1 atom stereocenters. The van der Waals surface area contributed by atoms with Gasteiger partial charge in [0, 0.05) is 18.7 Å². The number of amides is 1. The number of halogens is 4. The molecule has 10 heteroatoms. The molecule has 2 aromatic heterocycles. The standard InChI is InChI=1S/C12H13ClF3N5O/c1-6(17)2-10(22)18-4-9-19-20-11-8(13)3-7(5-21(9)11)12(14,15)16/h3,5-6H,2,4,17H2,1H3,(H,18,22). The van der Waals surface area contributed by atoms with Gasteiger partial charge >= 0.3 is 6.18 Å². The van der Waals surface area contributed by atoms with E-state index in [1.807, 2.05) is 0 Å². The summed E-state index contributed by atoms with van der Waals surface area (Å²) in [6.07, 6.45) is -3.60. The zero-order chi connectivity index (χ0) is 16.5. The van der Waals surface area contributed by atoms with E-state index in [9.17, 15) is 18.0 Å². The van der Waals surface area contributed by atoms with Crippen LogP contribution in [0.4, 0.5) is 13.2 Å². The average Bonchev–Trinajstić information content (AvgIpc) is 2.78. The summed E-state index contributed by atoms with van der Waals surface area (Å²) in [6, 6.07) is 0.464. The van der Waals surface area contributed by atoms with E-state index in [0.717, 1.165) is 16.7 Å². The minimum atomic E-state index is -4.54. The molecule has 0 aliphatic heterocycles. The normalized spacial score (nSPS) is 13.4. The molecule has 2 heterocycles. The number of fused-ring (bicyclic) bond motifs is 1. The maximum absolute atomic E-state index is 12.8. The van der Waals surface area contributed by atoms with Crippen molar-refractivity contribution in [3.8, 4) is 0 Å². The maximum atomic E-state index is 12.8. The van der Waals surface area contributed by atoms with E-state index in [-0.39, 0.29) is 41.4 Å². The van der Waals surface area contributed by atoms with Crippen LogP contribution in [0.3, 0.4) is 0 Å². The highest BCUT2D eigenvalue weighted by atomic mass is 35.5. The lowest BCUT2D eigenvalue weighted by Crippen LogP contribution is -2.30. The Morgan fingerprint density at radius 3 is 2.77 bits per heavy atom. The summed E-state index contributed by atoms with van der Waals surface area (Å²) < 4.78 is 39.5. The smallest absolute Gasteiger partial charge is 0.349 e. The third-order valence-corrected chi connectivity index (χ3v) is 3.09. The highest BCUT2D eigenvalue weighted by Gasteiger charge is 2.32. The van der Waals surface area contributed by atoms with Crippen molar-refractivity contribution in [2.75, 3.05) is 0 Å². The van der Waals surface area contributed by atoms with E-state index in [0.29, 0.717) is 0 Å². The Kier molecular flexibility index (Phi) is 4.57. The Morgan fingerprint density at radius 1 is 1.50 bits per heavy atom. The molecule has 2 rings (SSSR count). The van der Waals surface area contributed by atoms with Crippen LogP contribution < -0.4 is 11.1 Å². The lowest BCUT2D eigenvalue weighted by Gasteiger charge is -2.09. The molecule has 0 bridgehead atoms. The predicted molar refractivity (Wildman–Crippen MR) is 73.1 cm³/mol. The molecule has 2 aromatic rings. The molecular formula is C12H13ClF3N5O. The number of nitrogens with zero attached hydrogens (tertiary/aromatic N) is 3. The molecule has 0 aliphatic carbocycles. The van der Waals surface area contributed by atoms with E-state index in [4.69, 9.17) is 17.3 Å². The second kappa shape index (κ2) is 6.09. The molecule has 1 amide bonds. The van der Waals surface area contributed by atoms with Gasteiger partial charge in [0.05, 0.1) is 17.1 Å². The Bertz CT molecular complexity index is 698. The zero-order valence-electron chi connectivity index (χ0n) is 11.5. The van der Waals surface area contributed by atoms with Gasteiger partial charge in [0.2, 0.25) is 5.91 Å². The fourth-order valence-electron chi connectivity index (χ4n) is 1.82. The van der Waals surface area contributed by atoms with Crippen LogP contribution in [0.2, 0.25) is 5.02 Å². The van der Waals surface area contributed by atoms with Gasteiger partial charge in [-0.3, -0.25) is 9.20 Å². The van der Waals surface area contributed by atoms with Crippen LogP contribution in [0, 0.1) is 0 Å². The molecule has 1 unspecified atom stereocenters. The fraction of sp³-hybridized carbons (Fsp3) is 0.417. The number of hydrogen-bond donors (Lipinski definition) is 2. The van der Waals surface area contributed by atoms with E-state index in [1.54, 1.807) is 6.92 Å². The van der Waals surface area contributed by atoms with Crippen molar-refractivity contribution in [2.45, 2.75) is 32.1 Å². The van der Waals surface area contributed by atoms with Gasteiger partial charge in [-0.1, -0.05) is 11.6 Å². The molecule has 0 spiro atoms. The Balaban J connectivity index is 2.28. The molecule has 0 saturated heterocycles. The van der Waals surface area contributed by atoms with Crippen molar-refractivity contribution >= 4 is 23.2 Å². The van der Waals surface area contributed by atoms with Gasteiger partial charge in [0.25, 0.3) is 0 Å². The molecule has 22 heavy (non-hydrogen) atoms. The van der Waals surface area contributed by atoms with Crippen LogP contribution in [0.15, 0.2) is 12.3 Å². The first-order chi connectivity index (χ1) is 10.2. The van der Waals surface area contributed by atoms with Crippen molar-refractivity contribution in [1.82, 2.24) is 19.9 Å². The van der Waals surface area contributed by atoms with Crippen LogP contribution in [0.5, 0.6) is 0 Å². The number of nitrogens with one attached hydrogen (secondary N) is 1. The molecule has 120 valence electrons. The van der Waals surface area contributed by atoms with E-state index < -0.39 is 11.7 Å². The Morgan fingerprint density at radius 2 is 2.18 bits per heavy atom. The van der Waals surface area contributed by atoms with Crippen molar-refractivity contribution in [3.05, 3.63) is 28.7 Å². The Labute approximate surface area is 128 Å². The highest BCUT2D eigenvalue weighted by molar-refractivity contribution is 6.33. The van der Waals surface area contributed by atoms with Crippen molar-refractivity contribution in [2.24, 2.45) is 5.73 Å². The van der Waals surface area contributed by atoms with Crippen LogP contribution in [0.1, 0.15) is 24.7 Å². The first-order valence-corrected chi connectivity index (χ1v) is 6.69. The number of aromatic nitrogens is 3. The second-order valence-corrected chi connectivity index (χ2v) is 5.25. The van der Waals surface area contributed by atoms with Crippen LogP contribution >= 0.6 is 11.6 Å². The zero-order valence-corrected chi connectivity index (χ0v) is 12.2. The number of carbonyl (C=O) groups excluding carboxylic acids is 1. The van der Waals surface area contributed by atoms with Gasteiger partial charge in [-0.2, -0.15) is 13.2 Å². The number of alkyl halides is 3. The molecule has 0 saturated carbocycles. The summed E-state index contributed by atoms with van der Waals surface area (Å²) in [7, 11) is 0. The SMILES string of the molecule is CC(N)CC(=O)NCc1nnc2c(Cl)cc(C(F)(F)F)cn12. The largest absolute Gasteiger partial charge is 0.417 e. The second-order valence-electron chi connectivity index (χ2n) is 4.84. The van der Waals surface area contributed by atoms with Crippen molar-refractivity contribution < 1.29 is 18.0 Å². The van der Waals surface area contributed by atoms with Crippen molar-refractivity contribution in [3.63, 3.8) is 0 Å². The molecule has 0 radical (unpaired) electrons. The van der Waals surface area contributed by atoms with Gasteiger partial charge in [-0.05, 0) is 13.0 Å². The number of rotatable bonds is 4. The van der Waals surface area contributed by atoms with Gasteiger partial charge in [-0.15, -0.1) is 10.2 Å². The average molecular weight is 336 g/mol. The third kappa shape index (κ3) is 3.66. The van der Waals surface area contributed by atoms with Crippen LogP contribution in [-0.4, -0.2) is 26.5 Å². The highest BCUT2D eigenvalue weighted by Crippen LogP contribution is 2.32. The monoisotopic (exact) mass is 335 g/mol.